The number of rotatable bonds is 6. The molecule has 0 saturated carbocycles. The van der Waals surface area contributed by atoms with Crippen LogP contribution in [0.1, 0.15) is 12.8 Å². The van der Waals surface area contributed by atoms with Crippen LogP contribution < -0.4 is 0 Å². The van der Waals surface area contributed by atoms with E-state index in [1.54, 1.807) is 13.1 Å². The van der Waals surface area contributed by atoms with E-state index in [0.29, 0.717) is 26.0 Å². The van der Waals surface area contributed by atoms with Crippen LogP contribution in [0.3, 0.4) is 0 Å². The summed E-state index contributed by atoms with van der Waals surface area (Å²) >= 11 is 0. The van der Waals surface area contributed by atoms with Gasteiger partial charge < -0.3 is 14.7 Å². The van der Waals surface area contributed by atoms with E-state index >= 15 is 0 Å². The molecule has 4 heteroatoms. The molecule has 0 bridgehead atoms. The first kappa shape index (κ1) is 12.0. The number of aliphatic hydroxyl groups is 1. The van der Waals surface area contributed by atoms with E-state index in [1.807, 2.05) is 0 Å². The highest BCUT2D eigenvalue weighted by Crippen LogP contribution is 1.93. The Kier molecular flexibility index (Phi) is 7.01. The molecule has 0 aliphatic rings. The third-order valence-corrected chi connectivity index (χ3v) is 1.51. The lowest BCUT2D eigenvalue weighted by Crippen LogP contribution is -2.29. The molecule has 0 aliphatic heterocycles. The van der Waals surface area contributed by atoms with Crippen molar-refractivity contribution in [3.05, 3.63) is 12.7 Å². The lowest BCUT2D eigenvalue weighted by atomic mass is 10.4. The summed E-state index contributed by atoms with van der Waals surface area (Å²) in [6.45, 7) is 4.49. The van der Waals surface area contributed by atoms with E-state index in [1.165, 1.54) is 4.90 Å². The maximum Gasteiger partial charge on any atom is 0.409 e. The lowest BCUT2D eigenvalue weighted by Gasteiger charge is -2.15. The molecule has 76 valence electrons. The van der Waals surface area contributed by atoms with Crippen molar-refractivity contribution in [2.75, 3.05) is 26.8 Å². The fourth-order valence-electron chi connectivity index (χ4n) is 0.739. The minimum Gasteiger partial charge on any atom is -0.449 e. The van der Waals surface area contributed by atoms with Crippen molar-refractivity contribution in [3.8, 4) is 0 Å². The van der Waals surface area contributed by atoms with Crippen LogP contribution in [-0.2, 0) is 4.74 Å². The fourth-order valence-corrected chi connectivity index (χ4v) is 0.739. The zero-order chi connectivity index (χ0) is 10.1. The standard InChI is InChI=1S/C9H17NO3/c1-3-4-8-13-9(12)10(2)6-5-7-11/h3,11H,1,4-8H2,2H3. The molecule has 0 heterocycles. The number of aliphatic hydroxyl groups excluding tert-OH is 1. The van der Waals surface area contributed by atoms with Gasteiger partial charge in [0.25, 0.3) is 0 Å². The van der Waals surface area contributed by atoms with Crippen LogP contribution in [0.2, 0.25) is 0 Å². The summed E-state index contributed by atoms with van der Waals surface area (Å²) in [7, 11) is 1.64. The maximum atomic E-state index is 11.1. The number of ether oxygens (including phenoxy) is 1. The Balaban J connectivity index is 3.50. The summed E-state index contributed by atoms with van der Waals surface area (Å²) in [5.41, 5.74) is 0. The highest BCUT2D eigenvalue weighted by Gasteiger charge is 2.07. The monoisotopic (exact) mass is 187 g/mol. The first-order chi connectivity index (χ1) is 6.22. The molecule has 0 radical (unpaired) electrons. The van der Waals surface area contributed by atoms with Crippen molar-refractivity contribution in [1.29, 1.82) is 0 Å². The average Bonchev–Trinajstić information content (AvgIpc) is 2.14. The van der Waals surface area contributed by atoms with Gasteiger partial charge in [-0.25, -0.2) is 4.79 Å². The number of hydrogen-bond donors (Lipinski definition) is 1. The molecule has 0 spiro atoms. The predicted molar refractivity (Wildman–Crippen MR) is 50.5 cm³/mol. The molecule has 0 fully saturated rings. The van der Waals surface area contributed by atoms with Crippen LogP contribution in [0.5, 0.6) is 0 Å². The molecule has 0 aromatic carbocycles. The van der Waals surface area contributed by atoms with Gasteiger partial charge >= 0.3 is 6.09 Å². The van der Waals surface area contributed by atoms with Gasteiger partial charge in [-0.1, -0.05) is 6.08 Å². The molecule has 1 N–H and O–H groups in total. The summed E-state index contributed by atoms with van der Waals surface area (Å²) in [5, 5.41) is 8.52. The zero-order valence-electron chi connectivity index (χ0n) is 8.03. The van der Waals surface area contributed by atoms with E-state index in [2.05, 4.69) is 6.58 Å². The maximum absolute atomic E-state index is 11.1. The van der Waals surface area contributed by atoms with Gasteiger partial charge in [0.2, 0.25) is 0 Å². The molecule has 0 saturated heterocycles. The summed E-state index contributed by atoms with van der Waals surface area (Å²) in [6, 6.07) is 0. The summed E-state index contributed by atoms with van der Waals surface area (Å²) in [4.78, 5) is 12.6. The quantitative estimate of drug-likeness (QED) is 0.499. The topological polar surface area (TPSA) is 49.8 Å². The van der Waals surface area contributed by atoms with E-state index in [-0.39, 0.29) is 12.7 Å². The van der Waals surface area contributed by atoms with Crippen LogP contribution in [0.4, 0.5) is 4.79 Å². The summed E-state index contributed by atoms with van der Waals surface area (Å²) in [6.07, 6.45) is 2.59. The largest absolute Gasteiger partial charge is 0.449 e. The number of hydrogen-bond acceptors (Lipinski definition) is 3. The molecule has 13 heavy (non-hydrogen) atoms. The number of carbonyl (C=O) groups excluding carboxylic acids is 1. The SMILES string of the molecule is C=CCCOC(=O)N(C)CCCO. The molecule has 4 nitrogen and oxygen atoms in total. The summed E-state index contributed by atoms with van der Waals surface area (Å²) in [5.74, 6) is 0. The summed E-state index contributed by atoms with van der Waals surface area (Å²) < 4.78 is 4.88. The van der Waals surface area contributed by atoms with Gasteiger partial charge in [-0.3, -0.25) is 0 Å². The van der Waals surface area contributed by atoms with Gasteiger partial charge in [0.1, 0.15) is 0 Å². The predicted octanol–water partition coefficient (Wildman–Crippen LogP) is 1.01. The Morgan fingerprint density at radius 3 is 2.92 bits per heavy atom. The smallest absolute Gasteiger partial charge is 0.409 e. The Morgan fingerprint density at radius 1 is 1.69 bits per heavy atom. The highest BCUT2D eigenvalue weighted by molar-refractivity contribution is 5.67. The van der Waals surface area contributed by atoms with E-state index in [9.17, 15) is 4.79 Å². The van der Waals surface area contributed by atoms with E-state index in [0.717, 1.165) is 0 Å². The highest BCUT2D eigenvalue weighted by atomic mass is 16.6. The Hall–Kier alpha value is -1.03. The van der Waals surface area contributed by atoms with Crippen molar-refractivity contribution in [2.45, 2.75) is 12.8 Å². The molecule has 0 rings (SSSR count). The first-order valence-corrected chi connectivity index (χ1v) is 4.32. The minimum absolute atomic E-state index is 0.0876. The van der Waals surface area contributed by atoms with Gasteiger partial charge in [-0.05, 0) is 12.8 Å². The fraction of sp³-hybridized carbons (Fsp3) is 0.667. The molecular formula is C9H17NO3. The second-order valence-electron chi connectivity index (χ2n) is 2.69. The zero-order valence-corrected chi connectivity index (χ0v) is 8.03. The lowest BCUT2D eigenvalue weighted by molar-refractivity contribution is 0.110. The number of amides is 1. The van der Waals surface area contributed by atoms with E-state index in [4.69, 9.17) is 9.84 Å². The van der Waals surface area contributed by atoms with Crippen molar-refractivity contribution < 1.29 is 14.6 Å². The van der Waals surface area contributed by atoms with Crippen molar-refractivity contribution in [2.24, 2.45) is 0 Å². The first-order valence-electron chi connectivity index (χ1n) is 4.32. The second-order valence-corrected chi connectivity index (χ2v) is 2.69. The van der Waals surface area contributed by atoms with Crippen molar-refractivity contribution >= 4 is 6.09 Å². The Morgan fingerprint density at radius 2 is 2.38 bits per heavy atom. The van der Waals surface area contributed by atoms with Crippen LogP contribution in [0.15, 0.2) is 12.7 Å². The van der Waals surface area contributed by atoms with Gasteiger partial charge in [0, 0.05) is 20.2 Å². The van der Waals surface area contributed by atoms with Crippen LogP contribution in [0.25, 0.3) is 0 Å². The molecule has 0 aliphatic carbocycles. The number of nitrogens with zero attached hydrogens (tertiary/aromatic N) is 1. The number of carbonyl (C=O) groups is 1. The molecule has 0 atom stereocenters. The minimum atomic E-state index is -0.352. The molecule has 1 amide bonds. The Labute approximate surface area is 78.8 Å². The van der Waals surface area contributed by atoms with Crippen LogP contribution in [-0.4, -0.2) is 42.9 Å². The molecule has 0 unspecified atom stereocenters. The average molecular weight is 187 g/mol. The second kappa shape index (κ2) is 7.61. The third-order valence-electron chi connectivity index (χ3n) is 1.51. The van der Waals surface area contributed by atoms with Gasteiger partial charge in [0.15, 0.2) is 0 Å². The van der Waals surface area contributed by atoms with Gasteiger partial charge in [0.05, 0.1) is 6.61 Å². The van der Waals surface area contributed by atoms with Crippen molar-refractivity contribution in [1.82, 2.24) is 4.90 Å². The van der Waals surface area contributed by atoms with Gasteiger partial charge in [-0.2, -0.15) is 0 Å². The third kappa shape index (κ3) is 6.16. The van der Waals surface area contributed by atoms with Crippen molar-refractivity contribution in [3.63, 3.8) is 0 Å². The van der Waals surface area contributed by atoms with E-state index < -0.39 is 0 Å². The molecular weight excluding hydrogens is 170 g/mol. The molecule has 0 aromatic heterocycles. The normalized spacial score (nSPS) is 9.38. The van der Waals surface area contributed by atoms with Crippen LogP contribution in [0, 0.1) is 0 Å². The van der Waals surface area contributed by atoms with Crippen LogP contribution >= 0.6 is 0 Å². The molecule has 0 aromatic rings. The van der Waals surface area contributed by atoms with Gasteiger partial charge in [-0.15, -0.1) is 6.58 Å². The Bertz CT molecular complexity index is 159.